The fraction of sp³-hybridized carbons (Fsp3) is 0.111. The maximum atomic E-state index is 11.0. The first-order valence-electron chi connectivity index (χ1n) is 3.66. The number of aryl methyl sites for hydroxylation is 1. The summed E-state index contributed by atoms with van der Waals surface area (Å²) in [4.78, 5) is 21.4. The molecule has 0 aromatic heterocycles. The van der Waals surface area contributed by atoms with Crippen molar-refractivity contribution in [1.29, 1.82) is 0 Å². The van der Waals surface area contributed by atoms with Crippen LogP contribution in [0.2, 0.25) is 0 Å². The highest BCUT2D eigenvalue weighted by atomic mass is 16.4. The summed E-state index contributed by atoms with van der Waals surface area (Å²) in [5, 5.41) is 8.45. The van der Waals surface area contributed by atoms with Crippen molar-refractivity contribution in [2.75, 3.05) is 5.73 Å². The second-order valence-corrected chi connectivity index (χ2v) is 2.67. The number of rotatable bonds is 2. The van der Waals surface area contributed by atoms with Crippen molar-refractivity contribution >= 4 is 17.4 Å². The molecule has 0 bridgehead atoms. The number of carboxylic acids is 1. The molecule has 13 heavy (non-hydrogen) atoms. The first-order valence-corrected chi connectivity index (χ1v) is 3.66. The Kier molecular flexibility index (Phi) is 2.32. The van der Waals surface area contributed by atoms with E-state index in [0.717, 1.165) is 0 Å². The minimum absolute atomic E-state index is 0.0486. The molecule has 4 nitrogen and oxygen atoms in total. The normalized spacial score (nSPS) is 9.62. The molecular weight excluding hydrogens is 170 g/mol. The Morgan fingerprint density at radius 1 is 1.38 bits per heavy atom. The molecule has 0 saturated heterocycles. The number of hydrogen-bond donors (Lipinski definition) is 2. The monoisotopic (exact) mass is 179 g/mol. The second-order valence-electron chi connectivity index (χ2n) is 2.67. The van der Waals surface area contributed by atoms with Crippen LogP contribution in [0.3, 0.4) is 0 Å². The summed E-state index contributed by atoms with van der Waals surface area (Å²) in [6, 6.07) is 4.72. The van der Waals surface area contributed by atoms with Crippen LogP contribution in [0, 0.1) is 6.92 Å². The quantitative estimate of drug-likeness (QED) is 0.400. The molecule has 68 valence electrons. The van der Waals surface area contributed by atoms with Crippen molar-refractivity contribution in [3.8, 4) is 0 Å². The van der Waals surface area contributed by atoms with Crippen LogP contribution in [0.5, 0.6) is 0 Å². The highest BCUT2D eigenvalue weighted by Gasteiger charge is 2.17. The highest BCUT2D eigenvalue weighted by Crippen LogP contribution is 2.16. The van der Waals surface area contributed by atoms with Gasteiger partial charge in [-0.3, -0.25) is 4.79 Å². The van der Waals surface area contributed by atoms with Crippen LogP contribution >= 0.6 is 0 Å². The smallest absolute Gasteiger partial charge is 0.377 e. The van der Waals surface area contributed by atoms with Crippen LogP contribution in [0.15, 0.2) is 18.2 Å². The van der Waals surface area contributed by atoms with Gasteiger partial charge in [-0.05, 0) is 18.6 Å². The van der Waals surface area contributed by atoms with Gasteiger partial charge in [0.1, 0.15) is 0 Å². The molecule has 0 amide bonds. The van der Waals surface area contributed by atoms with Gasteiger partial charge in [0.25, 0.3) is 5.78 Å². The van der Waals surface area contributed by atoms with E-state index in [-0.39, 0.29) is 11.3 Å². The van der Waals surface area contributed by atoms with Crippen molar-refractivity contribution in [1.82, 2.24) is 0 Å². The predicted octanol–water partition coefficient (Wildman–Crippen LogP) is 0.845. The molecule has 0 unspecified atom stereocenters. The standard InChI is InChI=1S/C9H9NO3/c1-5-3-2-4-6(7(5)10)8(11)9(12)13/h2-4H,10H2,1H3,(H,12,13). The van der Waals surface area contributed by atoms with Gasteiger partial charge in [0.15, 0.2) is 0 Å². The number of carbonyl (C=O) groups excluding carboxylic acids is 1. The van der Waals surface area contributed by atoms with Gasteiger partial charge in [-0.2, -0.15) is 0 Å². The number of nitrogens with two attached hydrogens (primary N) is 1. The van der Waals surface area contributed by atoms with Crippen LogP contribution in [0.4, 0.5) is 5.69 Å². The van der Waals surface area contributed by atoms with Gasteiger partial charge in [0.2, 0.25) is 0 Å². The van der Waals surface area contributed by atoms with Crippen LogP contribution in [-0.4, -0.2) is 16.9 Å². The summed E-state index contributed by atoms with van der Waals surface area (Å²) in [5.74, 6) is -2.46. The maximum Gasteiger partial charge on any atom is 0.377 e. The number of aliphatic carboxylic acids is 1. The van der Waals surface area contributed by atoms with Crippen LogP contribution in [0.1, 0.15) is 15.9 Å². The van der Waals surface area contributed by atoms with E-state index in [2.05, 4.69) is 0 Å². The van der Waals surface area contributed by atoms with E-state index in [9.17, 15) is 9.59 Å². The number of carbonyl (C=O) groups is 2. The van der Waals surface area contributed by atoms with E-state index in [1.165, 1.54) is 6.07 Å². The summed E-state index contributed by atoms with van der Waals surface area (Å²) in [5.41, 5.74) is 6.52. The Labute approximate surface area is 75.0 Å². The molecular formula is C9H9NO3. The summed E-state index contributed by atoms with van der Waals surface area (Å²) >= 11 is 0. The Bertz CT molecular complexity index is 371. The van der Waals surface area contributed by atoms with E-state index in [0.29, 0.717) is 5.56 Å². The van der Waals surface area contributed by atoms with Crippen molar-refractivity contribution in [2.45, 2.75) is 6.92 Å². The first kappa shape index (κ1) is 9.25. The molecule has 4 heteroatoms. The number of ketones is 1. The zero-order valence-corrected chi connectivity index (χ0v) is 7.07. The lowest BCUT2D eigenvalue weighted by Gasteiger charge is -2.03. The van der Waals surface area contributed by atoms with Gasteiger partial charge in [-0.1, -0.05) is 12.1 Å². The number of para-hydroxylation sites is 1. The molecule has 3 N–H and O–H groups in total. The van der Waals surface area contributed by atoms with E-state index < -0.39 is 11.8 Å². The number of hydrogen-bond acceptors (Lipinski definition) is 3. The van der Waals surface area contributed by atoms with Crippen molar-refractivity contribution in [2.24, 2.45) is 0 Å². The molecule has 0 aliphatic carbocycles. The van der Waals surface area contributed by atoms with E-state index in [4.69, 9.17) is 10.8 Å². The summed E-state index contributed by atoms with van der Waals surface area (Å²) in [6.07, 6.45) is 0. The zero-order chi connectivity index (χ0) is 10.0. The predicted molar refractivity (Wildman–Crippen MR) is 47.6 cm³/mol. The number of anilines is 1. The van der Waals surface area contributed by atoms with Crippen molar-refractivity contribution in [3.63, 3.8) is 0 Å². The molecule has 0 spiro atoms. The highest BCUT2D eigenvalue weighted by molar-refractivity contribution is 6.41. The second kappa shape index (κ2) is 3.26. The number of benzene rings is 1. The summed E-state index contributed by atoms with van der Waals surface area (Å²) in [7, 11) is 0. The maximum absolute atomic E-state index is 11.0. The number of carboxylic acid groups (broad SMARTS) is 1. The molecule has 0 saturated carbocycles. The van der Waals surface area contributed by atoms with Crippen molar-refractivity contribution < 1.29 is 14.7 Å². The Morgan fingerprint density at radius 2 is 2.00 bits per heavy atom. The van der Waals surface area contributed by atoms with Gasteiger partial charge < -0.3 is 10.8 Å². The molecule has 0 aliphatic heterocycles. The SMILES string of the molecule is Cc1cccc(C(=O)C(=O)O)c1N. The first-order chi connectivity index (χ1) is 6.04. The number of Topliss-reactive ketones (excluding diaryl/α,β-unsaturated/α-hetero) is 1. The minimum atomic E-state index is -1.49. The lowest BCUT2D eigenvalue weighted by molar-refractivity contribution is -0.131. The van der Waals surface area contributed by atoms with Gasteiger partial charge in [0.05, 0.1) is 5.56 Å². The minimum Gasteiger partial charge on any atom is -0.475 e. The molecule has 1 aromatic rings. The topological polar surface area (TPSA) is 80.4 Å². The van der Waals surface area contributed by atoms with Gasteiger partial charge in [-0.25, -0.2) is 4.79 Å². The number of nitrogen functional groups attached to an aromatic ring is 1. The molecule has 0 fully saturated rings. The largest absolute Gasteiger partial charge is 0.475 e. The molecule has 0 aliphatic rings. The third-order valence-corrected chi connectivity index (χ3v) is 1.76. The lowest BCUT2D eigenvalue weighted by Crippen LogP contribution is -2.15. The fourth-order valence-corrected chi connectivity index (χ4v) is 0.994. The van der Waals surface area contributed by atoms with Gasteiger partial charge in [0, 0.05) is 5.69 Å². The van der Waals surface area contributed by atoms with Crippen LogP contribution < -0.4 is 5.73 Å². The van der Waals surface area contributed by atoms with Gasteiger partial charge >= 0.3 is 5.97 Å². The molecule has 0 heterocycles. The summed E-state index contributed by atoms with van der Waals surface area (Å²) < 4.78 is 0. The molecule has 1 rings (SSSR count). The molecule has 1 aromatic carbocycles. The zero-order valence-electron chi connectivity index (χ0n) is 7.07. The van der Waals surface area contributed by atoms with E-state index >= 15 is 0 Å². The Morgan fingerprint density at radius 3 is 2.54 bits per heavy atom. The average molecular weight is 179 g/mol. The third-order valence-electron chi connectivity index (χ3n) is 1.76. The fourth-order valence-electron chi connectivity index (χ4n) is 0.994. The molecule has 0 radical (unpaired) electrons. The lowest BCUT2D eigenvalue weighted by atomic mass is 10.1. The Balaban J connectivity index is 3.23. The van der Waals surface area contributed by atoms with E-state index in [1.54, 1.807) is 19.1 Å². The van der Waals surface area contributed by atoms with Crippen molar-refractivity contribution in [3.05, 3.63) is 29.3 Å². The molecule has 0 atom stereocenters. The summed E-state index contributed by atoms with van der Waals surface area (Å²) in [6.45, 7) is 1.72. The van der Waals surface area contributed by atoms with E-state index in [1.807, 2.05) is 0 Å². The van der Waals surface area contributed by atoms with Crippen LogP contribution in [0.25, 0.3) is 0 Å². The Hall–Kier alpha value is -1.84. The average Bonchev–Trinajstić information content (AvgIpc) is 2.08. The third kappa shape index (κ3) is 1.66. The van der Waals surface area contributed by atoms with Crippen LogP contribution in [-0.2, 0) is 4.79 Å². The van der Waals surface area contributed by atoms with Gasteiger partial charge in [-0.15, -0.1) is 0 Å².